The molecule has 0 aliphatic heterocycles. The van der Waals surface area contributed by atoms with E-state index >= 15 is 0 Å². The molecule has 0 saturated carbocycles. The highest BCUT2D eigenvalue weighted by Crippen LogP contribution is 2.15. The molecule has 0 spiro atoms. The zero-order chi connectivity index (χ0) is 39.5. The number of amides is 2. The number of benzene rings is 2. The second-order valence-corrected chi connectivity index (χ2v) is 14.9. The molecule has 2 amide bonds. The van der Waals surface area contributed by atoms with E-state index in [0.717, 1.165) is 49.7 Å². The molecule has 54 heavy (non-hydrogen) atoms. The maximum absolute atomic E-state index is 12.1. The minimum absolute atomic E-state index is 0.153. The monoisotopic (exact) mass is 751 g/mol. The molecule has 0 aromatic heterocycles. The first-order chi connectivity index (χ1) is 26.3. The van der Waals surface area contributed by atoms with Crippen LogP contribution in [-0.2, 0) is 32.0 Å². The summed E-state index contributed by atoms with van der Waals surface area (Å²) in [5, 5.41) is 23.9. The van der Waals surface area contributed by atoms with E-state index in [9.17, 15) is 29.4 Å². The van der Waals surface area contributed by atoms with Crippen LogP contribution < -0.4 is 10.6 Å². The number of carbonyl (C=O) groups excluding carboxylic acids is 2. The fourth-order valence-electron chi connectivity index (χ4n) is 6.53. The lowest BCUT2D eigenvalue weighted by Crippen LogP contribution is -2.42. The molecule has 0 fully saturated rings. The number of carboxylic acid groups (broad SMARTS) is 2. The van der Waals surface area contributed by atoms with Gasteiger partial charge in [0.1, 0.15) is 12.1 Å². The van der Waals surface area contributed by atoms with E-state index in [1.54, 1.807) is 0 Å². The van der Waals surface area contributed by atoms with Crippen LogP contribution >= 0.6 is 0 Å². The smallest absolute Gasteiger partial charge is 0.326 e. The third-order valence-corrected chi connectivity index (χ3v) is 9.85. The van der Waals surface area contributed by atoms with Crippen LogP contribution in [0.4, 0.5) is 0 Å². The molecule has 2 aromatic carbocycles. The van der Waals surface area contributed by atoms with Gasteiger partial charge in [0.2, 0.25) is 11.8 Å². The highest BCUT2D eigenvalue weighted by Gasteiger charge is 2.21. The Morgan fingerprint density at radius 1 is 0.426 bits per heavy atom. The Balaban J connectivity index is 0.000000596. The van der Waals surface area contributed by atoms with Crippen LogP contribution in [0.5, 0.6) is 0 Å². The molecule has 8 heteroatoms. The number of nitrogens with one attached hydrogen (secondary N) is 2. The molecule has 0 heterocycles. The molecule has 0 aliphatic carbocycles. The van der Waals surface area contributed by atoms with Gasteiger partial charge in [0.05, 0.1) is 0 Å². The molecule has 0 bridgehead atoms. The molecule has 2 aromatic rings. The summed E-state index contributed by atoms with van der Waals surface area (Å²) in [7, 11) is 0. The molecule has 0 radical (unpaired) electrons. The van der Waals surface area contributed by atoms with E-state index < -0.39 is 24.0 Å². The van der Waals surface area contributed by atoms with Gasteiger partial charge in [-0.1, -0.05) is 203 Å². The summed E-state index contributed by atoms with van der Waals surface area (Å²) in [5.41, 5.74) is 1.83. The molecule has 4 N–H and O–H groups in total. The Labute approximate surface area is 327 Å². The van der Waals surface area contributed by atoms with Gasteiger partial charge in [-0.25, -0.2) is 9.59 Å². The number of carboxylic acids is 2. The van der Waals surface area contributed by atoms with Crippen molar-refractivity contribution >= 4 is 23.8 Å². The molecule has 2 rings (SSSR count). The molecule has 2 atom stereocenters. The van der Waals surface area contributed by atoms with Crippen molar-refractivity contribution in [1.82, 2.24) is 10.6 Å². The van der Waals surface area contributed by atoms with E-state index in [1.165, 1.54) is 103 Å². The summed E-state index contributed by atoms with van der Waals surface area (Å²) in [4.78, 5) is 46.6. The molecule has 304 valence electrons. The minimum atomic E-state index is -0.988. The number of unbranched alkanes of at least 4 members (excludes halogenated alkanes) is 20. The number of aliphatic carboxylic acids is 2. The van der Waals surface area contributed by atoms with Gasteiger partial charge in [-0.3, -0.25) is 9.59 Å². The largest absolute Gasteiger partial charge is 0.480 e. The second-order valence-electron chi connectivity index (χ2n) is 14.9. The van der Waals surface area contributed by atoms with Gasteiger partial charge >= 0.3 is 11.9 Å². The van der Waals surface area contributed by atoms with Gasteiger partial charge in [-0.15, -0.1) is 0 Å². The topological polar surface area (TPSA) is 133 Å². The summed E-state index contributed by atoms with van der Waals surface area (Å²) in [6, 6.07) is 17.1. The van der Waals surface area contributed by atoms with E-state index in [0.29, 0.717) is 25.7 Å². The molecule has 0 aliphatic rings. The van der Waals surface area contributed by atoms with Gasteiger partial charge in [-0.05, 0) is 24.0 Å². The lowest BCUT2D eigenvalue weighted by molar-refractivity contribution is -0.142. The standard InChI is InChI=1S/C29H49NO3.C17H25NO3/c1-2-3-4-5-6-7-8-9-10-11-12-13-14-15-16-17-21-24-28(31)30-27(29(32)33)25-26-22-19-18-20-23-26;1-2-3-4-5-9-12-16(19)18-15(17(20)21)13-14-10-7-6-8-11-14/h18-20,22-23,27H,2-17,21,24-25H2,1H3,(H,30,31)(H,32,33);6-8,10-11,15H,2-5,9,12-13H2,1H3,(H,18,19)(H,20,21)/t27-;15-/m00/s1. The zero-order valence-electron chi connectivity index (χ0n) is 33.8. The Hall–Kier alpha value is -3.68. The van der Waals surface area contributed by atoms with Crippen molar-refractivity contribution in [2.75, 3.05) is 0 Å². The lowest BCUT2D eigenvalue weighted by Gasteiger charge is -2.14. The third-order valence-electron chi connectivity index (χ3n) is 9.85. The van der Waals surface area contributed by atoms with E-state index in [2.05, 4.69) is 24.5 Å². The second kappa shape index (κ2) is 33.9. The van der Waals surface area contributed by atoms with Crippen LogP contribution in [-0.4, -0.2) is 46.0 Å². The predicted molar refractivity (Wildman–Crippen MR) is 222 cm³/mol. The zero-order valence-corrected chi connectivity index (χ0v) is 33.8. The van der Waals surface area contributed by atoms with Crippen molar-refractivity contribution < 1.29 is 29.4 Å². The van der Waals surface area contributed by atoms with Crippen molar-refractivity contribution in [1.29, 1.82) is 0 Å². The number of hydrogen-bond acceptors (Lipinski definition) is 4. The molecule has 0 saturated heterocycles. The molecular weight excluding hydrogens is 677 g/mol. The lowest BCUT2D eigenvalue weighted by atomic mass is 10.0. The van der Waals surface area contributed by atoms with Crippen molar-refractivity contribution in [2.45, 2.75) is 193 Å². The first-order valence-corrected chi connectivity index (χ1v) is 21.4. The summed E-state index contributed by atoms with van der Waals surface area (Å²) in [6.45, 7) is 4.42. The first kappa shape index (κ1) is 48.3. The van der Waals surface area contributed by atoms with Crippen LogP contribution in [0, 0.1) is 0 Å². The summed E-state index contributed by atoms with van der Waals surface area (Å²) >= 11 is 0. The van der Waals surface area contributed by atoms with Crippen molar-refractivity contribution in [2.24, 2.45) is 0 Å². The van der Waals surface area contributed by atoms with Gasteiger partial charge in [0.15, 0.2) is 0 Å². The Morgan fingerprint density at radius 2 is 0.685 bits per heavy atom. The number of hydrogen-bond donors (Lipinski definition) is 4. The van der Waals surface area contributed by atoms with Crippen LogP contribution in [0.1, 0.15) is 179 Å². The minimum Gasteiger partial charge on any atom is -0.480 e. The Kier molecular flexibility index (Phi) is 30.3. The van der Waals surface area contributed by atoms with E-state index in [-0.39, 0.29) is 11.8 Å². The molecule has 0 unspecified atom stereocenters. The summed E-state index contributed by atoms with van der Waals surface area (Å²) < 4.78 is 0. The van der Waals surface area contributed by atoms with Gasteiger partial charge in [0.25, 0.3) is 0 Å². The van der Waals surface area contributed by atoms with Crippen LogP contribution in [0.2, 0.25) is 0 Å². The maximum atomic E-state index is 12.1. The van der Waals surface area contributed by atoms with Gasteiger partial charge in [-0.2, -0.15) is 0 Å². The van der Waals surface area contributed by atoms with Crippen LogP contribution in [0.15, 0.2) is 60.7 Å². The fraction of sp³-hybridized carbons (Fsp3) is 0.652. The van der Waals surface area contributed by atoms with Gasteiger partial charge in [0, 0.05) is 25.7 Å². The maximum Gasteiger partial charge on any atom is 0.326 e. The van der Waals surface area contributed by atoms with E-state index in [1.807, 2.05) is 60.7 Å². The Bertz CT molecular complexity index is 1220. The molecular formula is C46H74N2O6. The average molecular weight is 751 g/mol. The highest BCUT2D eigenvalue weighted by atomic mass is 16.4. The summed E-state index contributed by atoms with van der Waals surface area (Å²) in [6.07, 6.45) is 29.1. The highest BCUT2D eigenvalue weighted by molar-refractivity contribution is 5.84. The average Bonchev–Trinajstić information content (AvgIpc) is 3.16. The Morgan fingerprint density at radius 3 is 0.944 bits per heavy atom. The van der Waals surface area contributed by atoms with Gasteiger partial charge < -0.3 is 20.8 Å². The van der Waals surface area contributed by atoms with Crippen molar-refractivity contribution in [3.05, 3.63) is 71.8 Å². The molecule has 8 nitrogen and oxygen atoms in total. The van der Waals surface area contributed by atoms with Crippen molar-refractivity contribution in [3.8, 4) is 0 Å². The third kappa shape index (κ3) is 27.9. The first-order valence-electron chi connectivity index (χ1n) is 21.4. The summed E-state index contributed by atoms with van der Waals surface area (Å²) in [5.74, 6) is -2.29. The van der Waals surface area contributed by atoms with Crippen LogP contribution in [0.25, 0.3) is 0 Å². The predicted octanol–water partition coefficient (Wildman–Crippen LogP) is 11.0. The quantitative estimate of drug-likeness (QED) is 0.0550. The number of carbonyl (C=O) groups is 4. The van der Waals surface area contributed by atoms with E-state index in [4.69, 9.17) is 0 Å². The van der Waals surface area contributed by atoms with Crippen molar-refractivity contribution in [3.63, 3.8) is 0 Å². The van der Waals surface area contributed by atoms with Crippen LogP contribution in [0.3, 0.4) is 0 Å². The number of rotatable bonds is 32. The SMILES string of the molecule is CCCCCCCC(=O)N[C@@H](Cc1ccccc1)C(=O)O.CCCCCCCCCCCCCCCCCCCC(=O)N[C@@H](Cc1ccccc1)C(=O)O. The fourth-order valence-corrected chi connectivity index (χ4v) is 6.53. The normalized spacial score (nSPS) is 11.9.